The molecule has 12 heavy (non-hydrogen) atoms. The summed E-state index contributed by atoms with van der Waals surface area (Å²) in [5, 5.41) is 9.41. The van der Waals surface area contributed by atoms with Gasteiger partial charge in [0.25, 0.3) is 0 Å². The number of rotatable bonds is 2. The van der Waals surface area contributed by atoms with Gasteiger partial charge in [0.05, 0.1) is 17.6 Å². The minimum atomic E-state index is -2.90. The lowest BCUT2D eigenvalue weighted by Crippen LogP contribution is -2.37. The van der Waals surface area contributed by atoms with Crippen LogP contribution < -0.4 is 5.73 Å². The van der Waals surface area contributed by atoms with E-state index in [9.17, 15) is 13.5 Å². The summed E-state index contributed by atoms with van der Waals surface area (Å²) >= 11 is 0. The summed E-state index contributed by atoms with van der Waals surface area (Å²) in [7, 11) is -2.90. The molecule has 1 aliphatic rings. The van der Waals surface area contributed by atoms with E-state index in [1.165, 1.54) is 0 Å². The fraction of sp³-hybridized carbons (Fsp3) is 1.00. The van der Waals surface area contributed by atoms with Gasteiger partial charge in [-0.3, -0.25) is 0 Å². The Balaban J connectivity index is 2.59. The van der Waals surface area contributed by atoms with Crippen LogP contribution in [0.4, 0.5) is 0 Å². The van der Waals surface area contributed by atoms with Crippen LogP contribution in [0.3, 0.4) is 0 Å². The summed E-state index contributed by atoms with van der Waals surface area (Å²) < 4.78 is 22.3. The molecule has 1 fully saturated rings. The van der Waals surface area contributed by atoms with Crippen LogP contribution in [0.25, 0.3) is 0 Å². The lowest BCUT2D eigenvalue weighted by atomic mass is 9.98. The second-order valence-electron chi connectivity index (χ2n) is 3.31. The van der Waals surface area contributed by atoms with Gasteiger partial charge >= 0.3 is 0 Å². The third-order valence-electron chi connectivity index (χ3n) is 2.27. The summed E-state index contributed by atoms with van der Waals surface area (Å²) in [6.45, 7) is 0.442. The van der Waals surface area contributed by atoms with Crippen LogP contribution in [0.1, 0.15) is 12.8 Å². The van der Waals surface area contributed by atoms with E-state index in [2.05, 4.69) is 0 Å². The normalized spacial score (nSPS) is 34.8. The van der Waals surface area contributed by atoms with Crippen molar-refractivity contribution in [2.75, 3.05) is 18.1 Å². The number of sulfone groups is 1. The Morgan fingerprint density at radius 2 is 2.17 bits per heavy atom. The quantitative estimate of drug-likeness (QED) is 0.597. The Kier molecular flexibility index (Phi) is 3.09. The van der Waals surface area contributed by atoms with Gasteiger partial charge in [-0.05, 0) is 25.3 Å². The number of hydrogen-bond donors (Lipinski definition) is 2. The third-order valence-corrected chi connectivity index (χ3v) is 4.07. The number of aliphatic hydroxyl groups is 1. The highest BCUT2D eigenvalue weighted by Crippen LogP contribution is 2.21. The van der Waals surface area contributed by atoms with E-state index in [0.717, 1.165) is 0 Å². The van der Waals surface area contributed by atoms with Crippen LogP contribution in [0.15, 0.2) is 0 Å². The van der Waals surface area contributed by atoms with Crippen molar-refractivity contribution in [1.82, 2.24) is 0 Å². The minimum absolute atomic E-state index is 0.103. The standard InChI is InChI=1S/C7H15NO3S/c8-3-1-6-5-12(10,11)4-2-7(6)9/h6-7,9H,1-5,8H2. The average Bonchev–Trinajstić information content (AvgIpc) is 1.97. The minimum Gasteiger partial charge on any atom is -0.393 e. The average molecular weight is 193 g/mol. The number of hydrogen-bond acceptors (Lipinski definition) is 4. The van der Waals surface area contributed by atoms with Crippen LogP contribution in [-0.4, -0.2) is 37.7 Å². The van der Waals surface area contributed by atoms with Crippen molar-refractivity contribution >= 4 is 9.84 Å². The van der Waals surface area contributed by atoms with Crippen molar-refractivity contribution in [3.63, 3.8) is 0 Å². The Morgan fingerprint density at radius 3 is 2.75 bits per heavy atom. The fourth-order valence-corrected chi connectivity index (χ4v) is 3.35. The molecule has 72 valence electrons. The molecule has 0 aromatic rings. The van der Waals surface area contributed by atoms with E-state index in [-0.39, 0.29) is 17.4 Å². The molecular weight excluding hydrogens is 178 g/mol. The van der Waals surface area contributed by atoms with Gasteiger partial charge < -0.3 is 10.8 Å². The van der Waals surface area contributed by atoms with Crippen molar-refractivity contribution in [2.24, 2.45) is 11.7 Å². The molecule has 0 spiro atoms. The molecule has 4 nitrogen and oxygen atoms in total. The van der Waals surface area contributed by atoms with E-state index in [1.54, 1.807) is 0 Å². The van der Waals surface area contributed by atoms with Crippen molar-refractivity contribution in [1.29, 1.82) is 0 Å². The van der Waals surface area contributed by atoms with Crippen molar-refractivity contribution in [3.8, 4) is 0 Å². The number of nitrogens with two attached hydrogens (primary N) is 1. The van der Waals surface area contributed by atoms with E-state index in [1.807, 2.05) is 0 Å². The molecule has 0 aliphatic carbocycles. The van der Waals surface area contributed by atoms with Crippen LogP contribution in [0.5, 0.6) is 0 Å². The molecular formula is C7H15NO3S. The predicted octanol–water partition coefficient (Wildman–Crippen LogP) is -0.869. The molecule has 2 atom stereocenters. The smallest absolute Gasteiger partial charge is 0.150 e. The monoisotopic (exact) mass is 193 g/mol. The molecule has 1 heterocycles. The summed E-state index contributed by atoms with van der Waals surface area (Å²) in [5.74, 6) is 0.0781. The molecule has 0 saturated carbocycles. The lowest BCUT2D eigenvalue weighted by Gasteiger charge is -2.26. The summed E-state index contributed by atoms with van der Waals surface area (Å²) in [5.41, 5.74) is 5.30. The molecule has 1 rings (SSSR count). The molecule has 0 aromatic heterocycles. The van der Waals surface area contributed by atoms with E-state index >= 15 is 0 Å². The van der Waals surface area contributed by atoms with Crippen molar-refractivity contribution < 1.29 is 13.5 Å². The zero-order valence-electron chi connectivity index (χ0n) is 6.94. The van der Waals surface area contributed by atoms with Gasteiger partial charge in [-0.25, -0.2) is 8.42 Å². The summed E-state index contributed by atoms with van der Waals surface area (Å²) in [6, 6.07) is 0. The lowest BCUT2D eigenvalue weighted by molar-refractivity contribution is 0.106. The second kappa shape index (κ2) is 3.72. The Hall–Kier alpha value is -0.130. The van der Waals surface area contributed by atoms with Gasteiger partial charge in [0.15, 0.2) is 9.84 Å². The molecule has 0 aromatic carbocycles. The maximum atomic E-state index is 11.1. The molecule has 2 unspecified atom stereocenters. The van der Waals surface area contributed by atoms with Crippen LogP contribution in [-0.2, 0) is 9.84 Å². The van der Waals surface area contributed by atoms with E-state index in [4.69, 9.17) is 5.73 Å². The third kappa shape index (κ3) is 2.43. The van der Waals surface area contributed by atoms with Gasteiger partial charge in [0.2, 0.25) is 0 Å². The molecule has 1 saturated heterocycles. The second-order valence-corrected chi connectivity index (χ2v) is 5.54. The van der Waals surface area contributed by atoms with Crippen LogP contribution >= 0.6 is 0 Å². The van der Waals surface area contributed by atoms with Crippen LogP contribution in [0.2, 0.25) is 0 Å². The first-order valence-electron chi connectivity index (χ1n) is 4.14. The Labute approximate surface area is 72.7 Å². The summed E-state index contributed by atoms with van der Waals surface area (Å²) in [6.07, 6.45) is 0.491. The molecule has 3 N–H and O–H groups in total. The van der Waals surface area contributed by atoms with Gasteiger partial charge in [-0.15, -0.1) is 0 Å². The Bertz CT molecular complexity index is 237. The number of aliphatic hydroxyl groups excluding tert-OH is 1. The topological polar surface area (TPSA) is 80.4 Å². The van der Waals surface area contributed by atoms with Crippen LogP contribution in [0, 0.1) is 5.92 Å². The fourth-order valence-electron chi connectivity index (χ4n) is 1.55. The highest BCUT2D eigenvalue weighted by atomic mass is 32.2. The highest BCUT2D eigenvalue weighted by molar-refractivity contribution is 7.91. The largest absolute Gasteiger partial charge is 0.393 e. The molecule has 0 radical (unpaired) electrons. The predicted molar refractivity (Wildman–Crippen MR) is 46.4 cm³/mol. The zero-order chi connectivity index (χ0) is 9.19. The Morgan fingerprint density at radius 1 is 1.50 bits per heavy atom. The van der Waals surface area contributed by atoms with Gasteiger partial charge in [-0.2, -0.15) is 0 Å². The molecule has 0 amide bonds. The molecule has 5 heteroatoms. The maximum absolute atomic E-state index is 11.1. The highest BCUT2D eigenvalue weighted by Gasteiger charge is 2.30. The van der Waals surface area contributed by atoms with Gasteiger partial charge in [-0.1, -0.05) is 0 Å². The summed E-state index contributed by atoms with van der Waals surface area (Å²) in [4.78, 5) is 0. The van der Waals surface area contributed by atoms with Crippen molar-refractivity contribution in [2.45, 2.75) is 18.9 Å². The molecule has 0 bridgehead atoms. The molecule has 1 aliphatic heterocycles. The van der Waals surface area contributed by atoms with Crippen molar-refractivity contribution in [3.05, 3.63) is 0 Å². The zero-order valence-corrected chi connectivity index (χ0v) is 7.76. The maximum Gasteiger partial charge on any atom is 0.150 e. The first-order chi connectivity index (χ1) is 5.55. The van der Waals surface area contributed by atoms with E-state index < -0.39 is 15.9 Å². The van der Waals surface area contributed by atoms with Gasteiger partial charge in [0.1, 0.15) is 0 Å². The first-order valence-corrected chi connectivity index (χ1v) is 5.96. The van der Waals surface area contributed by atoms with Gasteiger partial charge in [0, 0.05) is 0 Å². The SMILES string of the molecule is NCCC1CS(=O)(=O)CCC1O. The first kappa shape index (κ1) is 9.95. The van der Waals surface area contributed by atoms with E-state index in [0.29, 0.717) is 19.4 Å².